The van der Waals surface area contributed by atoms with Gasteiger partial charge in [-0.2, -0.15) is 0 Å². The Hall–Kier alpha value is -2.87. The first-order valence-electron chi connectivity index (χ1n) is 8.52. The lowest BCUT2D eigenvalue weighted by molar-refractivity contribution is -0.141. The predicted octanol–water partition coefficient (Wildman–Crippen LogP) is 2.92. The van der Waals surface area contributed by atoms with Gasteiger partial charge in [-0.3, -0.25) is 14.4 Å². The summed E-state index contributed by atoms with van der Waals surface area (Å²) in [5, 5.41) is 5.42. The minimum Gasteiger partial charge on any atom is -0.469 e. The van der Waals surface area contributed by atoms with Crippen molar-refractivity contribution in [2.45, 2.75) is 12.5 Å². The second-order valence-corrected chi connectivity index (χ2v) is 6.84. The summed E-state index contributed by atoms with van der Waals surface area (Å²) in [6, 6.07) is 14.0. The second-order valence-electron chi connectivity index (χ2n) is 5.86. The highest BCUT2D eigenvalue weighted by Gasteiger charge is 2.19. The number of hydrogen-bond donors (Lipinski definition) is 2. The number of esters is 1. The predicted molar refractivity (Wildman–Crippen MR) is 106 cm³/mol. The van der Waals surface area contributed by atoms with Crippen LogP contribution >= 0.6 is 11.8 Å². The minimum atomic E-state index is -0.505. The van der Waals surface area contributed by atoms with Crippen LogP contribution in [0.2, 0.25) is 0 Å². The van der Waals surface area contributed by atoms with Gasteiger partial charge in [-0.05, 0) is 29.8 Å². The van der Waals surface area contributed by atoms with Gasteiger partial charge >= 0.3 is 5.97 Å². The number of benzene rings is 2. The summed E-state index contributed by atoms with van der Waals surface area (Å²) < 4.78 is 17.5. The van der Waals surface area contributed by atoms with E-state index in [2.05, 4.69) is 15.4 Å². The molecule has 0 saturated carbocycles. The van der Waals surface area contributed by atoms with Crippen LogP contribution in [-0.4, -0.2) is 36.4 Å². The molecule has 0 aliphatic carbocycles. The molecule has 0 spiro atoms. The summed E-state index contributed by atoms with van der Waals surface area (Å²) in [5.41, 5.74) is 1.28. The largest absolute Gasteiger partial charge is 0.469 e. The van der Waals surface area contributed by atoms with E-state index in [0.717, 1.165) is 17.3 Å². The topological polar surface area (TPSA) is 84.5 Å². The van der Waals surface area contributed by atoms with E-state index in [9.17, 15) is 18.8 Å². The summed E-state index contributed by atoms with van der Waals surface area (Å²) in [7, 11) is 1.29. The second kappa shape index (κ2) is 11.1. The third-order valence-electron chi connectivity index (χ3n) is 3.73. The number of carbonyl (C=O) groups is 3. The summed E-state index contributed by atoms with van der Waals surface area (Å²) in [6.45, 7) is 0. The number of halogens is 1. The summed E-state index contributed by atoms with van der Waals surface area (Å²) in [5.74, 6) is -1.28. The molecule has 1 unspecified atom stereocenters. The van der Waals surface area contributed by atoms with Crippen LogP contribution in [-0.2, 0) is 19.1 Å². The maximum absolute atomic E-state index is 12.9. The van der Waals surface area contributed by atoms with E-state index in [4.69, 9.17) is 0 Å². The van der Waals surface area contributed by atoms with Crippen molar-refractivity contribution >= 4 is 35.2 Å². The number of anilines is 1. The van der Waals surface area contributed by atoms with Crippen LogP contribution in [0.1, 0.15) is 18.0 Å². The molecule has 2 N–H and O–H groups in total. The highest BCUT2D eigenvalue weighted by molar-refractivity contribution is 8.00. The first-order chi connectivity index (χ1) is 13.5. The van der Waals surface area contributed by atoms with Gasteiger partial charge in [0.1, 0.15) is 5.82 Å². The van der Waals surface area contributed by atoms with Gasteiger partial charge in [-0.1, -0.05) is 30.3 Å². The Labute approximate surface area is 166 Å². The molecule has 0 aromatic heterocycles. The third kappa shape index (κ3) is 7.40. The molecule has 6 nitrogen and oxygen atoms in total. The number of carbonyl (C=O) groups excluding carboxylic acids is 3. The lowest BCUT2D eigenvalue weighted by Crippen LogP contribution is -2.32. The summed E-state index contributed by atoms with van der Waals surface area (Å²) >= 11 is 1.14. The fraction of sp³-hybridized carbons (Fsp3) is 0.250. The van der Waals surface area contributed by atoms with Gasteiger partial charge in [0.15, 0.2) is 0 Å². The normalized spacial score (nSPS) is 11.4. The fourth-order valence-corrected chi connectivity index (χ4v) is 3.02. The number of hydrogen-bond acceptors (Lipinski definition) is 5. The molecule has 148 valence electrons. The van der Waals surface area contributed by atoms with Gasteiger partial charge in [0.05, 0.1) is 31.1 Å². The molecule has 0 bridgehead atoms. The van der Waals surface area contributed by atoms with Crippen molar-refractivity contribution in [2.75, 3.05) is 23.9 Å². The van der Waals surface area contributed by atoms with Gasteiger partial charge in [0.2, 0.25) is 11.8 Å². The zero-order valence-electron chi connectivity index (χ0n) is 15.3. The van der Waals surface area contributed by atoms with E-state index >= 15 is 0 Å². The van der Waals surface area contributed by atoms with Crippen molar-refractivity contribution in [1.82, 2.24) is 5.32 Å². The Balaban J connectivity index is 1.81. The van der Waals surface area contributed by atoms with E-state index in [-0.39, 0.29) is 35.6 Å². The number of nitrogens with one attached hydrogen (secondary N) is 2. The smallest absolute Gasteiger partial charge is 0.307 e. The Kier molecular flexibility index (Phi) is 8.48. The SMILES string of the molecule is COC(=O)CC(NC(=O)CSCC(=O)Nc1ccc(F)cc1)c1ccccc1. The van der Waals surface area contributed by atoms with Crippen LogP contribution in [0.4, 0.5) is 10.1 Å². The first kappa shape index (κ1) is 21.4. The van der Waals surface area contributed by atoms with E-state index in [1.54, 1.807) is 0 Å². The molecule has 0 heterocycles. The monoisotopic (exact) mass is 404 g/mol. The molecule has 2 amide bonds. The molecule has 2 aromatic rings. The van der Waals surface area contributed by atoms with Crippen molar-refractivity contribution in [3.8, 4) is 0 Å². The molecule has 0 aliphatic heterocycles. The molecule has 0 saturated heterocycles. The van der Waals surface area contributed by atoms with Crippen LogP contribution in [0.3, 0.4) is 0 Å². The van der Waals surface area contributed by atoms with Crippen molar-refractivity contribution in [1.29, 1.82) is 0 Å². The quantitative estimate of drug-likeness (QED) is 0.628. The highest BCUT2D eigenvalue weighted by atomic mass is 32.2. The Morgan fingerprint density at radius 3 is 2.29 bits per heavy atom. The molecular formula is C20H21FN2O4S. The number of thioether (sulfide) groups is 1. The molecule has 2 aromatic carbocycles. The molecule has 1 atom stereocenters. The Morgan fingerprint density at radius 1 is 1.00 bits per heavy atom. The minimum absolute atomic E-state index is 0.0158. The van der Waals surface area contributed by atoms with Crippen molar-refractivity contribution in [3.05, 3.63) is 66.0 Å². The molecule has 8 heteroatoms. The Morgan fingerprint density at radius 2 is 1.64 bits per heavy atom. The lowest BCUT2D eigenvalue weighted by atomic mass is 10.0. The number of ether oxygens (including phenoxy) is 1. The average molecular weight is 404 g/mol. The standard InChI is InChI=1S/C20H21FN2O4S/c1-27-20(26)11-17(14-5-3-2-4-6-14)23-19(25)13-28-12-18(24)22-16-9-7-15(21)8-10-16/h2-10,17H,11-13H2,1H3,(H,22,24)(H,23,25). The maximum Gasteiger partial charge on any atom is 0.307 e. The number of amides is 2. The fourth-order valence-electron chi connectivity index (χ4n) is 2.39. The van der Waals surface area contributed by atoms with E-state index in [0.29, 0.717) is 5.69 Å². The van der Waals surface area contributed by atoms with Crippen LogP contribution in [0.5, 0.6) is 0 Å². The van der Waals surface area contributed by atoms with Gasteiger partial charge in [0.25, 0.3) is 0 Å². The third-order valence-corrected chi connectivity index (χ3v) is 4.66. The zero-order valence-corrected chi connectivity index (χ0v) is 16.1. The molecule has 28 heavy (non-hydrogen) atoms. The van der Waals surface area contributed by atoms with Crippen LogP contribution in [0, 0.1) is 5.82 Å². The lowest BCUT2D eigenvalue weighted by Gasteiger charge is -2.18. The summed E-state index contributed by atoms with van der Waals surface area (Å²) in [4.78, 5) is 35.7. The van der Waals surface area contributed by atoms with E-state index in [1.807, 2.05) is 30.3 Å². The van der Waals surface area contributed by atoms with Crippen LogP contribution < -0.4 is 10.6 Å². The van der Waals surface area contributed by atoms with Gasteiger partial charge < -0.3 is 15.4 Å². The van der Waals surface area contributed by atoms with Crippen LogP contribution in [0.25, 0.3) is 0 Å². The van der Waals surface area contributed by atoms with Crippen molar-refractivity contribution < 1.29 is 23.5 Å². The summed E-state index contributed by atoms with van der Waals surface area (Å²) in [6.07, 6.45) is 0.0158. The van der Waals surface area contributed by atoms with E-state index < -0.39 is 12.0 Å². The number of rotatable bonds is 9. The maximum atomic E-state index is 12.9. The molecule has 0 aliphatic rings. The number of methoxy groups -OCH3 is 1. The van der Waals surface area contributed by atoms with Gasteiger partial charge in [-0.15, -0.1) is 11.8 Å². The molecule has 0 fully saturated rings. The highest BCUT2D eigenvalue weighted by Crippen LogP contribution is 2.17. The van der Waals surface area contributed by atoms with Gasteiger partial charge in [0, 0.05) is 5.69 Å². The molecule has 0 radical (unpaired) electrons. The van der Waals surface area contributed by atoms with E-state index in [1.165, 1.54) is 31.4 Å². The van der Waals surface area contributed by atoms with Crippen LogP contribution in [0.15, 0.2) is 54.6 Å². The first-order valence-corrected chi connectivity index (χ1v) is 9.67. The molecular weight excluding hydrogens is 383 g/mol. The zero-order chi connectivity index (χ0) is 20.4. The molecule has 2 rings (SSSR count). The van der Waals surface area contributed by atoms with Crippen molar-refractivity contribution in [2.24, 2.45) is 0 Å². The average Bonchev–Trinajstić information content (AvgIpc) is 2.69. The Bertz CT molecular complexity index is 800. The van der Waals surface area contributed by atoms with Gasteiger partial charge in [-0.25, -0.2) is 4.39 Å². The van der Waals surface area contributed by atoms with Crippen molar-refractivity contribution in [3.63, 3.8) is 0 Å².